The lowest BCUT2D eigenvalue weighted by atomic mass is 9.43. The molecular weight excluding hydrogens is 840 g/mol. The molecule has 1 aliphatic carbocycles. The van der Waals surface area contributed by atoms with Gasteiger partial charge in [0.25, 0.3) is 0 Å². The Morgan fingerprint density at radius 2 is 1.09 bits per heavy atom. The fourth-order valence-corrected chi connectivity index (χ4v) is 12.2. The lowest BCUT2D eigenvalue weighted by Gasteiger charge is -2.48. The second kappa shape index (κ2) is 14.3. The molecule has 0 bridgehead atoms. The summed E-state index contributed by atoms with van der Waals surface area (Å²) in [5.74, 6) is 0. The third-order valence-corrected chi connectivity index (χ3v) is 16.2. The molecule has 3 aliphatic rings. The summed E-state index contributed by atoms with van der Waals surface area (Å²) in [4.78, 5) is 5.24. The van der Waals surface area contributed by atoms with Crippen LogP contribution < -0.4 is 20.6 Å². The molecule has 0 spiro atoms. The monoisotopic (exact) mass is 898 g/mol. The van der Waals surface area contributed by atoms with E-state index in [0.717, 1.165) is 73.8 Å². The van der Waals surface area contributed by atoms with Crippen LogP contribution in [0.1, 0.15) is 104 Å². The van der Waals surface area contributed by atoms with Crippen LogP contribution in [0.4, 0.5) is 28.4 Å². The molecule has 0 atom stereocenters. The van der Waals surface area contributed by atoms with Crippen molar-refractivity contribution in [3.8, 4) is 22.3 Å². The van der Waals surface area contributed by atoms with E-state index in [1.54, 1.807) is 0 Å². The number of nitrogens with zero attached hydrogens (tertiary/aromatic N) is 2. The van der Waals surface area contributed by atoms with Crippen molar-refractivity contribution in [2.24, 2.45) is 0 Å². The molecule has 0 N–H and O–H groups in total. The number of rotatable bonds is 3. The molecule has 10 aromatic rings. The van der Waals surface area contributed by atoms with E-state index in [4.69, 9.17) is 8.83 Å². The average Bonchev–Trinajstić information content (AvgIpc) is 3.89. The minimum absolute atomic E-state index is 0.00453. The zero-order valence-corrected chi connectivity index (χ0v) is 41.6. The van der Waals surface area contributed by atoms with Gasteiger partial charge in [0.1, 0.15) is 16.7 Å². The molecule has 0 amide bonds. The van der Waals surface area contributed by atoms with Gasteiger partial charge >= 0.3 is 6.85 Å². The molecule has 0 saturated heterocycles. The van der Waals surface area contributed by atoms with E-state index >= 15 is 0 Å². The van der Waals surface area contributed by atoms with Gasteiger partial charge in [0.15, 0.2) is 5.58 Å². The molecule has 2 aromatic heterocycles. The van der Waals surface area contributed by atoms with E-state index in [1.807, 2.05) is 0 Å². The lowest BCUT2D eigenvalue weighted by Crippen LogP contribution is -2.61. The van der Waals surface area contributed by atoms with E-state index in [9.17, 15) is 0 Å². The van der Waals surface area contributed by atoms with Gasteiger partial charge in [-0.25, -0.2) is 0 Å². The third kappa shape index (κ3) is 6.21. The summed E-state index contributed by atoms with van der Waals surface area (Å²) in [6.45, 7) is 23.4. The van der Waals surface area contributed by atoms with Crippen LogP contribution in [0.25, 0.3) is 66.1 Å². The van der Waals surface area contributed by atoms with Crippen molar-refractivity contribution >= 4 is 90.1 Å². The van der Waals surface area contributed by atoms with Crippen molar-refractivity contribution in [2.75, 3.05) is 9.71 Å². The van der Waals surface area contributed by atoms with E-state index in [-0.39, 0.29) is 28.5 Å². The van der Waals surface area contributed by atoms with Crippen LogP contribution in [0.15, 0.2) is 160 Å². The Bertz CT molecular complexity index is 3760. The van der Waals surface area contributed by atoms with Gasteiger partial charge in [-0.15, -0.1) is 0 Å². The van der Waals surface area contributed by atoms with Crippen molar-refractivity contribution in [3.63, 3.8) is 0 Å². The predicted molar refractivity (Wildman–Crippen MR) is 293 cm³/mol. The van der Waals surface area contributed by atoms with Gasteiger partial charge < -0.3 is 18.5 Å². The fraction of sp³-hybridized carbons (Fsp3) is 0.250. The number of para-hydroxylation sites is 2. The molecule has 0 fully saturated rings. The summed E-state index contributed by atoms with van der Waals surface area (Å²) in [5.41, 5.74) is 22.0. The van der Waals surface area contributed by atoms with Gasteiger partial charge in [0.2, 0.25) is 0 Å². The SMILES string of the molecule is CC(C)(C)c1ccc(N2B3c4cc5c(cc4N(c4ccc(C(C)(C)C)cc4-c4ccccc4)c4c3c(cc3c4oc4ccccc43)-c3cc4c(cc32)C(C)(C)CCC4(C)C)oc2ccccc25)cc1. The van der Waals surface area contributed by atoms with E-state index < -0.39 is 0 Å². The van der Waals surface area contributed by atoms with Crippen molar-refractivity contribution in [2.45, 2.75) is 104 Å². The highest BCUT2D eigenvalue weighted by Gasteiger charge is 2.49. The maximum Gasteiger partial charge on any atom is 0.333 e. The van der Waals surface area contributed by atoms with Crippen LogP contribution >= 0.6 is 0 Å². The highest BCUT2D eigenvalue weighted by atomic mass is 16.3. The minimum Gasteiger partial charge on any atom is -0.456 e. The summed E-state index contributed by atoms with van der Waals surface area (Å²) in [6, 6.07) is 57.1. The van der Waals surface area contributed by atoms with Gasteiger partial charge in [-0.1, -0.05) is 160 Å². The van der Waals surface area contributed by atoms with Crippen molar-refractivity contribution in [3.05, 3.63) is 174 Å². The number of hydrogen-bond donors (Lipinski definition) is 0. The molecule has 4 heterocycles. The summed E-state index contributed by atoms with van der Waals surface area (Å²) in [6.07, 6.45) is 2.28. The molecule has 5 heteroatoms. The van der Waals surface area contributed by atoms with Gasteiger partial charge in [-0.05, 0) is 133 Å². The summed E-state index contributed by atoms with van der Waals surface area (Å²) < 4.78 is 14.2. The van der Waals surface area contributed by atoms with Crippen LogP contribution in [0.3, 0.4) is 0 Å². The highest BCUT2D eigenvalue weighted by molar-refractivity contribution is 6.94. The van der Waals surface area contributed by atoms with Gasteiger partial charge in [0.05, 0.1) is 11.4 Å². The number of anilines is 5. The molecule has 4 nitrogen and oxygen atoms in total. The normalized spacial score (nSPS) is 16.0. The standard InChI is InChI=1S/C64H59BN2O2/c1-61(2,3)39-24-27-41(28-25-39)67-53-36-50-49(63(7,8)30-31-64(50,9)10)34-45(53)47-33-48-43-21-15-17-23-56(43)69-60(48)59-58(47)65(67)51-35-46-42-20-14-16-22-55(42)68-57(46)37-54(51)66(59)52-29-26-40(62(4,5)6)32-44(52)38-18-12-11-13-19-38/h11-29,32-37H,30-31H2,1-10H3. The molecule has 69 heavy (non-hydrogen) atoms. The van der Waals surface area contributed by atoms with Crippen LogP contribution in [0.5, 0.6) is 0 Å². The number of furan rings is 2. The second-order valence-electron chi connectivity index (χ2n) is 23.6. The molecule has 8 aromatic carbocycles. The molecule has 340 valence electrons. The van der Waals surface area contributed by atoms with Crippen LogP contribution in [-0.2, 0) is 21.7 Å². The summed E-state index contributed by atoms with van der Waals surface area (Å²) in [7, 11) is 0. The zero-order valence-electron chi connectivity index (χ0n) is 41.6. The fourth-order valence-electron chi connectivity index (χ4n) is 12.2. The lowest BCUT2D eigenvalue weighted by molar-refractivity contribution is 0.332. The summed E-state index contributed by atoms with van der Waals surface area (Å²) >= 11 is 0. The third-order valence-electron chi connectivity index (χ3n) is 16.2. The quantitative estimate of drug-likeness (QED) is 0.165. The molecule has 0 radical (unpaired) electrons. The van der Waals surface area contributed by atoms with Gasteiger partial charge in [-0.3, -0.25) is 0 Å². The Kier molecular flexibility index (Phi) is 8.73. The first-order valence-electron chi connectivity index (χ1n) is 25.0. The first kappa shape index (κ1) is 42.2. The first-order valence-corrected chi connectivity index (χ1v) is 25.0. The number of hydrogen-bond acceptors (Lipinski definition) is 4. The number of benzene rings is 8. The molecule has 13 rings (SSSR count). The largest absolute Gasteiger partial charge is 0.456 e. The Labute approximate surface area is 406 Å². The Hall–Kier alpha value is -6.98. The van der Waals surface area contributed by atoms with Gasteiger partial charge in [0, 0.05) is 55.8 Å². The zero-order chi connectivity index (χ0) is 47.5. The smallest absolute Gasteiger partial charge is 0.333 e. The van der Waals surface area contributed by atoms with Crippen LogP contribution in [0.2, 0.25) is 0 Å². The number of fused-ring (bicyclic) bond motifs is 12. The topological polar surface area (TPSA) is 32.8 Å². The Morgan fingerprint density at radius 1 is 0.478 bits per heavy atom. The molecule has 0 unspecified atom stereocenters. The summed E-state index contributed by atoms with van der Waals surface area (Å²) in [5, 5.41) is 4.48. The molecule has 2 aliphatic heterocycles. The predicted octanol–water partition coefficient (Wildman–Crippen LogP) is 16.8. The minimum atomic E-state index is -0.225. The maximum atomic E-state index is 7.30. The van der Waals surface area contributed by atoms with Crippen molar-refractivity contribution in [1.82, 2.24) is 0 Å². The van der Waals surface area contributed by atoms with Crippen molar-refractivity contribution < 1.29 is 8.83 Å². The van der Waals surface area contributed by atoms with Crippen LogP contribution in [-0.4, -0.2) is 6.85 Å². The van der Waals surface area contributed by atoms with E-state index in [2.05, 4.69) is 231 Å². The van der Waals surface area contributed by atoms with Crippen molar-refractivity contribution in [1.29, 1.82) is 0 Å². The molecular formula is C64H59BN2O2. The highest BCUT2D eigenvalue weighted by Crippen LogP contribution is 2.56. The van der Waals surface area contributed by atoms with E-state index in [0.29, 0.717) is 0 Å². The second-order valence-corrected chi connectivity index (χ2v) is 23.6. The van der Waals surface area contributed by atoms with E-state index in [1.165, 1.54) is 66.8 Å². The van der Waals surface area contributed by atoms with Crippen LogP contribution in [0, 0.1) is 0 Å². The Balaban J connectivity index is 1.24. The molecule has 0 saturated carbocycles. The maximum absolute atomic E-state index is 7.30. The first-order chi connectivity index (χ1) is 33.0. The average molecular weight is 899 g/mol. The van der Waals surface area contributed by atoms with Gasteiger partial charge in [-0.2, -0.15) is 0 Å². The Morgan fingerprint density at radius 3 is 1.77 bits per heavy atom.